The number of methoxy groups -OCH3 is 1. The van der Waals surface area contributed by atoms with Gasteiger partial charge >= 0.3 is 0 Å². The van der Waals surface area contributed by atoms with E-state index in [2.05, 4.69) is 20.7 Å². The van der Waals surface area contributed by atoms with Gasteiger partial charge in [-0.1, -0.05) is 24.3 Å². The van der Waals surface area contributed by atoms with Gasteiger partial charge in [-0.25, -0.2) is 0 Å². The zero-order valence-electron chi connectivity index (χ0n) is 14.6. The predicted molar refractivity (Wildman–Crippen MR) is 96.3 cm³/mol. The second-order valence-corrected chi connectivity index (χ2v) is 5.65. The summed E-state index contributed by atoms with van der Waals surface area (Å²) in [5.41, 5.74) is 1.84. The minimum absolute atomic E-state index is 0.160. The van der Waals surface area contributed by atoms with Gasteiger partial charge in [0.25, 0.3) is 5.69 Å². The largest absolute Gasteiger partial charge is 0.495 e. The lowest BCUT2D eigenvalue weighted by Crippen LogP contribution is -2.21. The van der Waals surface area contributed by atoms with Crippen molar-refractivity contribution in [2.75, 3.05) is 12.4 Å². The number of hydrogen-bond acceptors (Lipinski definition) is 7. The number of carbonyl (C=O) groups excluding carboxylic acids is 1. The van der Waals surface area contributed by atoms with Gasteiger partial charge in [0.2, 0.25) is 11.7 Å². The molecule has 2 aromatic carbocycles. The van der Waals surface area contributed by atoms with Gasteiger partial charge in [-0.2, -0.15) is 4.80 Å². The lowest BCUT2D eigenvalue weighted by Gasteiger charge is -2.09. The number of carbonyl (C=O) groups is 1. The fourth-order valence-corrected chi connectivity index (χ4v) is 2.47. The molecule has 0 bridgehead atoms. The average molecular weight is 368 g/mol. The molecule has 0 saturated carbocycles. The first-order valence-electron chi connectivity index (χ1n) is 7.94. The summed E-state index contributed by atoms with van der Waals surface area (Å²) in [6.45, 7) is 1.72. The van der Waals surface area contributed by atoms with Crippen molar-refractivity contribution in [2.24, 2.45) is 0 Å². The number of nitro groups is 1. The molecule has 0 saturated heterocycles. The standard InChI is InChI=1S/C17H16N6O4/c1-11-5-3-4-6-13(11)17-19-21-22(20-17)10-16(24)18-14-9-12(23(25)26)7-8-15(14)27-2/h3-9H,10H2,1-2H3,(H,18,24). The van der Waals surface area contributed by atoms with E-state index in [1.807, 2.05) is 31.2 Å². The molecular weight excluding hydrogens is 352 g/mol. The van der Waals surface area contributed by atoms with Crippen LogP contribution < -0.4 is 10.1 Å². The van der Waals surface area contributed by atoms with E-state index in [0.717, 1.165) is 15.9 Å². The Hall–Kier alpha value is -3.82. The molecule has 3 rings (SSSR count). The van der Waals surface area contributed by atoms with Crippen LogP contribution in [0.25, 0.3) is 11.4 Å². The van der Waals surface area contributed by atoms with Crippen LogP contribution >= 0.6 is 0 Å². The molecule has 1 N–H and O–H groups in total. The van der Waals surface area contributed by atoms with Crippen molar-refractivity contribution in [2.45, 2.75) is 13.5 Å². The number of aromatic nitrogens is 4. The molecule has 10 nitrogen and oxygen atoms in total. The first-order chi connectivity index (χ1) is 13.0. The van der Waals surface area contributed by atoms with Gasteiger partial charge in [-0.15, -0.1) is 10.2 Å². The van der Waals surface area contributed by atoms with E-state index >= 15 is 0 Å². The van der Waals surface area contributed by atoms with E-state index < -0.39 is 10.8 Å². The Bertz CT molecular complexity index is 1000. The summed E-state index contributed by atoms with van der Waals surface area (Å²) in [6.07, 6.45) is 0. The maximum Gasteiger partial charge on any atom is 0.271 e. The maximum absolute atomic E-state index is 12.3. The van der Waals surface area contributed by atoms with Crippen molar-refractivity contribution >= 4 is 17.3 Å². The van der Waals surface area contributed by atoms with Crippen molar-refractivity contribution in [3.63, 3.8) is 0 Å². The number of tetrazole rings is 1. The van der Waals surface area contributed by atoms with E-state index in [4.69, 9.17) is 4.74 Å². The van der Waals surface area contributed by atoms with Crippen molar-refractivity contribution < 1.29 is 14.5 Å². The molecule has 0 atom stereocenters. The van der Waals surface area contributed by atoms with Gasteiger partial charge in [0, 0.05) is 17.7 Å². The zero-order chi connectivity index (χ0) is 19.4. The van der Waals surface area contributed by atoms with Crippen LogP contribution in [0.15, 0.2) is 42.5 Å². The molecule has 0 aliphatic carbocycles. The summed E-state index contributed by atoms with van der Waals surface area (Å²) >= 11 is 0. The van der Waals surface area contributed by atoms with E-state index in [-0.39, 0.29) is 17.9 Å². The second-order valence-electron chi connectivity index (χ2n) is 5.65. The van der Waals surface area contributed by atoms with Crippen molar-refractivity contribution in [3.05, 3.63) is 58.1 Å². The lowest BCUT2D eigenvalue weighted by molar-refractivity contribution is -0.384. The average Bonchev–Trinajstić information content (AvgIpc) is 3.10. The molecule has 0 aliphatic rings. The number of ether oxygens (including phenoxy) is 1. The highest BCUT2D eigenvalue weighted by molar-refractivity contribution is 5.92. The zero-order valence-corrected chi connectivity index (χ0v) is 14.6. The van der Waals surface area contributed by atoms with Crippen LogP contribution in [0.2, 0.25) is 0 Å². The molecule has 0 spiro atoms. The van der Waals surface area contributed by atoms with Gasteiger partial charge in [0.15, 0.2) is 0 Å². The Balaban J connectivity index is 1.75. The number of non-ortho nitro benzene ring substituents is 1. The van der Waals surface area contributed by atoms with Crippen LogP contribution in [0.1, 0.15) is 5.56 Å². The first-order valence-corrected chi connectivity index (χ1v) is 7.94. The Morgan fingerprint density at radius 2 is 2.07 bits per heavy atom. The number of nitrogens with zero attached hydrogens (tertiary/aromatic N) is 5. The van der Waals surface area contributed by atoms with Crippen molar-refractivity contribution in [3.8, 4) is 17.1 Å². The molecule has 27 heavy (non-hydrogen) atoms. The number of rotatable bonds is 6. The number of nitro benzene ring substituents is 1. The Kier molecular flexibility index (Phi) is 5.06. The van der Waals surface area contributed by atoms with Gasteiger partial charge in [0.1, 0.15) is 12.3 Å². The molecule has 3 aromatic rings. The number of hydrogen-bond donors (Lipinski definition) is 1. The van der Waals surface area contributed by atoms with Crippen LogP contribution in [0.3, 0.4) is 0 Å². The number of benzene rings is 2. The summed E-state index contributed by atoms with van der Waals surface area (Å²) in [7, 11) is 1.41. The van der Waals surface area contributed by atoms with Crippen molar-refractivity contribution in [1.82, 2.24) is 20.2 Å². The van der Waals surface area contributed by atoms with Gasteiger partial charge in [0.05, 0.1) is 17.7 Å². The third kappa shape index (κ3) is 4.06. The monoisotopic (exact) mass is 368 g/mol. The van der Waals surface area contributed by atoms with E-state index in [9.17, 15) is 14.9 Å². The fourth-order valence-electron chi connectivity index (χ4n) is 2.47. The summed E-state index contributed by atoms with van der Waals surface area (Å²) in [6, 6.07) is 11.5. The van der Waals surface area contributed by atoms with E-state index in [1.165, 1.54) is 25.3 Å². The number of amides is 1. The summed E-state index contributed by atoms with van der Waals surface area (Å²) < 4.78 is 5.12. The normalized spacial score (nSPS) is 10.4. The lowest BCUT2D eigenvalue weighted by atomic mass is 10.1. The number of aryl methyl sites for hydroxylation is 1. The molecule has 138 valence electrons. The molecule has 0 unspecified atom stereocenters. The van der Waals surface area contributed by atoms with Gasteiger partial charge < -0.3 is 10.1 Å². The number of anilines is 1. The third-order valence-electron chi connectivity index (χ3n) is 3.79. The molecule has 1 amide bonds. The highest BCUT2D eigenvalue weighted by Crippen LogP contribution is 2.28. The van der Waals surface area contributed by atoms with Crippen LogP contribution in [-0.2, 0) is 11.3 Å². The molecule has 0 fully saturated rings. The molecule has 0 aliphatic heterocycles. The Morgan fingerprint density at radius 3 is 2.78 bits per heavy atom. The van der Waals surface area contributed by atoms with Crippen LogP contribution in [0, 0.1) is 17.0 Å². The molecule has 10 heteroatoms. The summed E-state index contributed by atoms with van der Waals surface area (Å²) in [4.78, 5) is 23.8. The minimum Gasteiger partial charge on any atom is -0.495 e. The van der Waals surface area contributed by atoms with Crippen LogP contribution in [-0.4, -0.2) is 38.1 Å². The minimum atomic E-state index is -0.553. The summed E-state index contributed by atoms with van der Waals surface area (Å²) in [5, 5.41) is 25.5. The first kappa shape index (κ1) is 18.0. The van der Waals surface area contributed by atoms with E-state index in [1.54, 1.807) is 0 Å². The van der Waals surface area contributed by atoms with Gasteiger partial charge in [-0.05, 0) is 23.8 Å². The highest BCUT2D eigenvalue weighted by Gasteiger charge is 2.15. The quantitative estimate of drug-likeness (QED) is 0.522. The third-order valence-corrected chi connectivity index (χ3v) is 3.79. The maximum atomic E-state index is 12.3. The van der Waals surface area contributed by atoms with Crippen LogP contribution in [0.4, 0.5) is 11.4 Å². The Labute approximate surface area is 153 Å². The molecule has 1 aromatic heterocycles. The summed E-state index contributed by atoms with van der Waals surface area (Å²) in [5.74, 6) is 0.248. The second kappa shape index (κ2) is 7.60. The van der Waals surface area contributed by atoms with Gasteiger partial charge in [-0.3, -0.25) is 14.9 Å². The highest BCUT2D eigenvalue weighted by atomic mass is 16.6. The number of nitrogens with one attached hydrogen (secondary N) is 1. The van der Waals surface area contributed by atoms with Crippen LogP contribution in [0.5, 0.6) is 5.75 Å². The predicted octanol–water partition coefficient (Wildman–Crippen LogP) is 2.20. The topological polar surface area (TPSA) is 125 Å². The molecule has 1 heterocycles. The fraction of sp³-hybridized carbons (Fsp3) is 0.176. The molecular formula is C17H16N6O4. The van der Waals surface area contributed by atoms with E-state index in [0.29, 0.717) is 11.6 Å². The Morgan fingerprint density at radius 1 is 1.30 bits per heavy atom. The smallest absolute Gasteiger partial charge is 0.271 e. The SMILES string of the molecule is COc1ccc([N+](=O)[O-])cc1NC(=O)Cn1nnc(-c2ccccc2C)n1. The molecule has 0 radical (unpaired) electrons. The van der Waals surface area contributed by atoms with Crippen molar-refractivity contribution in [1.29, 1.82) is 0 Å².